The molecule has 0 unspecified atom stereocenters. The second-order valence-electron chi connectivity index (χ2n) is 4.74. The van der Waals surface area contributed by atoms with Crippen LogP contribution in [-0.2, 0) is 0 Å². The van der Waals surface area contributed by atoms with Crippen LogP contribution in [0.3, 0.4) is 0 Å². The molecule has 0 saturated carbocycles. The Labute approximate surface area is 132 Å². The zero-order chi connectivity index (χ0) is 15.0. The van der Waals surface area contributed by atoms with Crippen molar-refractivity contribution in [1.29, 1.82) is 0 Å². The van der Waals surface area contributed by atoms with Gasteiger partial charge in [-0.25, -0.2) is 0 Å². The molecule has 2 aromatic carbocycles. The molecule has 0 radical (unpaired) electrons. The molecule has 0 aliphatic carbocycles. The maximum Gasteiger partial charge on any atom is 0.230 e. The van der Waals surface area contributed by atoms with Gasteiger partial charge < -0.3 is 10.3 Å². The first-order chi connectivity index (χ1) is 10.1. The van der Waals surface area contributed by atoms with Gasteiger partial charge >= 0.3 is 0 Å². The van der Waals surface area contributed by atoms with Crippen LogP contribution in [0.15, 0.2) is 47.0 Å². The molecule has 21 heavy (non-hydrogen) atoms. The number of aromatic nitrogens is 1. The lowest BCUT2D eigenvalue weighted by Crippen LogP contribution is -1.88. The van der Waals surface area contributed by atoms with Gasteiger partial charge in [0.15, 0.2) is 0 Å². The largest absolute Gasteiger partial charge is 0.367 e. The number of rotatable bonds is 2. The van der Waals surface area contributed by atoms with Crippen molar-refractivity contribution in [2.24, 2.45) is 0 Å². The van der Waals surface area contributed by atoms with Gasteiger partial charge in [-0.15, -0.1) is 0 Å². The van der Waals surface area contributed by atoms with Gasteiger partial charge in [0.05, 0.1) is 5.56 Å². The minimum absolute atomic E-state index is 0.264. The Morgan fingerprint density at radius 3 is 2.57 bits per heavy atom. The summed E-state index contributed by atoms with van der Waals surface area (Å²) in [7, 11) is 0. The van der Waals surface area contributed by atoms with Crippen LogP contribution >= 0.6 is 23.2 Å². The average molecular weight is 319 g/mol. The first-order valence-corrected chi connectivity index (χ1v) is 7.09. The smallest absolute Gasteiger partial charge is 0.230 e. The predicted octanol–water partition coefficient (Wildman–Crippen LogP) is 5.21. The molecule has 3 aromatic rings. The van der Waals surface area contributed by atoms with E-state index in [4.69, 9.17) is 33.5 Å². The number of aryl methyl sites for hydroxylation is 1. The molecule has 3 rings (SSSR count). The number of nitrogens with zero attached hydrogens (tertiary/aromatic N) is 1. The van der Waals surface area contributed by atoms with Crippen molar-refractivity contribution in [1.82, 2.24) is 5.16 Å². The maximum absolute atomic E-state index is 6.06. The van der Waals surface area contributed by atoms with E-state index in [9.17, 15) is 0 Å². The Kier molecular flexibility index (Phi) is 3.62. The summed E-state index contributed by atoms with van der Waals surface area (Å²) in [5, 5.41) is 5.42. The van der Waals surface area contributed by atoms with Crippen LogP contribution in [0.1, 0.15) is 5.56 Å². The van der Waals surface area contributed by atoms with Crippen molar-refractivity contribution in [2.45, 2.75) is 6.92 Å². The Balaban J connectivity index is 2.19. The highest BCUT2D eigenvalue weighted by Gasteiger charge is 2.18. The molecule has 3 nitrogen and oxygen atoms in total. The fraction of sp³-hybridized carbons (Fsp3) is 0.0625. The third kappa shape index (κ3) is 2.62. The van der Waals surface area contributed by atoms with E-state index in [0.29, 0.717) is 15.7 Å². The first kappa shape index (κ1) is 14.0. The van der Waals surface area contributed by atoms with Crippen LogP contribution in [0, 0.1) is 6.92 Å². The summed E-state index contributed by atoms with van der Waals surface area (Å²) >= 11 is 12.1. The summed E-state index contributed by atoms with van der Waals surface area (Å²) in [6, 6.07) is 13.1. The topological polar surface area (TPSA) is 52.0 Å². The first-order valence-electron chi connectivity index (χ1n) is 6.34. The summed E-state index contributed by atoms with van der Waals surface area (Å²) in [5.41, 5.74) is 10.1. The Morgan fingerprint density at radius 1 is 1.05 bits per heavy atom. The molecule has 2 N–H and O–H groups in total. The van der Waals surface area contributed by atoms with Crippen LogP contribution < -0.4 is 5.73 Å². The lowest BCUT2D eigenvalue weighted by Gasteiger charge is -2.05. The molecular weight excluding hydrogens is 307 g/mol. The van der Waals surface area contributed by atoms with E-state index in [2.05, 4.69) is 5.16 Å². The second-order valence-corrected chi connectivity index (χ2v) is 5.59. The summed E-state index contributed by atoms with van der Waals surface area (Å²) < 4.78 is 5.17. The van der Waals surface area contributed by atoms with Crippen molar-refractivity contribution >= 4 is 29.1 Å². The summed E-state index contributed by atoms with van der Waals surface area (Å²) in [5.74, 6) is 0.264. The van der Waals surface area contributed by atoms with Gasteiger partial charge in [0, 0.05) is 15.6 Å². The van der Waals surface area contributed by atoms with Gasteiger partial charge in [-0.05, 0) is 42.3 Å². The minimum Gasteiger partial charge on any atom is -0.367 e. The molecule has 1 heterocycles. The van der Waals surface area contributed by atoms with Crippen LogP contribution in [-0.4, -0.2) is 5.16 Å². The number of hydrogen-bond donors (Lipinski definition) is 1. The van der Waals surface area contributed by atoms with Gasteiger partial charge in [-0.2, -0.15) is 0 Å². The fourth-order valence-corrected chi connectivity index (χ4v) is 2.52. The van der Waals surface area contributed by atoms with Crippen LogP contribution in [0.2, 0.25) is 10.0 Å². The van der Waals surface area contributed by atoms with Gasteiger partial charge in [-0.3, -0.25) is 0 Å². The van der Waals surface area contributed by atoms with E-state index in [0.717, 1.165) is 22.3 Å². The zero-order valence-corrected chi connectivity index (χ0v) is 12.7. The molecule has 0 bridgehead atoms. The van der Waals surface area contributed by atoms with E-state index in [-0.39, 0.29) is 5.88 Å². The molecule has 106 valence electrons. The number of benzene rings is 2. The van der Waals surface area contributed by atoms with Crippen molar-refractivity contribution in [3.63, 3.8) is 0 Å². The molecule has 0 spiro atoms. The van der Waals surface area contributed by atoms with Crippen molar-refractivity contribution < 1.29 is 4.52 Å². The van der Waals surface area contributed by atoms with E-state index in [1.54, 1.807) is 6.07 Å². The number of anilines is 1. The van der Waals surface area contributed by atoms with Crippen molar-refractivity contribution in [3.8, 4) is 22.4 Å². The molecular formula is C16H12Cl2N2O. The lowest BCUT2D eigenvalue weighted by molar-refractivity contribution is 0.439. The lowest BCUT2D eigenvalue weighted by atomic mass is 10.00. The third-order valence-electron chi connectivity index (χ3n) is 3.26. The van der Waals surface area contributed by atoms with Crippen molar-refractivity contribution in [3.05, 3.63) is 58.1 Å². The fourth-order valence-electron chi connectivity index (χ4n) is 2.21. The minimum atomic E-state index is 0.264. The Bertz CT molecular complexity index is 812. The molecule has 1 aromatic heterocycles. The molecule has 0 aliphatic heterocycles. The van der Waals surface area contributed by atoms with Crippen LogP contribution in [0.5, 0.6) is 0 Å². The van der Waals surface area contributed by atoms with Crippen LogP contribution in [0.4, 0.5) is 5.88 Å². The van der Waals surface area contributed by atoms with E-state index in [1.165, 1.54) is 0 Å². The van der Waals surface area contributed by atoms with E-state index < -0.39 is 0 Å². The molecule has 0 saturated heterocycles. The summed E-state index contributed by atoms with van der Waals surface area (Å²) in [4.78, 5) is 0. The SMILES string of the molecule is Cc1cc(-c2noc(N)c2-c2cccc(Cl)c2)ccc1Cl. The maximum atomic E-state index is 6.06. The Hall–Kier alpha value is -1.97. The standard InChI is InChI=1S/C16H12Cl2N2O/c1-9-7-11(5-6-13(9)18)15-14(16(19)21-20-15)10-3-2-4-12(17)8-10/h2-8H,19H2,1H3. The zero-order valence-electron chi connectivity index (χ0n) is 11.2. The third-order valence-corrected chi connectivity index (χ3v) is 3.92. The monoisotopic (exact) mass is 318 g/mol. The molecule has 0 amide bonds. The second kappa shape index (κ2) is 5.43. The van der Waals surface area contributed by atoms with Gasteiger partial charge in [-0.1, -0.05) is 46.6 Å². The van der Waals surface area contributed by atoms with E-state index >= 15 is 0 Å². The van der Waals surface area contributed by atoms with Gasteiger partial charge in [0.2, 0.25) is 5.88 Å². The number of nitrogens with two attached hydrogens (primary N) is 1. The van der Waals surface area contributed by atoms with Crippen LogP contribution in [0.25, 0.3) is 22.4 Å². The predicted molar refractivity (Wildman–Crippen MR) is 86.5 cm³/mol. The normalized spacial score (nSPS) is 10.8. The summed E-state index contributed by atoms with van der Waals surface area (Å²) in [6.07, 6.45) is 0. The van der Waals surface area contributed by atoms with Crippen molar-refractivity contribution in [2.75, 3.05) is 5.73 Å². The molecule has 0 aliphatic rings. The van der Waals surface area contributed by atoms with Gasteiger partial charge in [0.25, 0.3) is 0 Å². The molecule has 0 fully saturated rings. The highest BCUT2D eigenvalue weighted by Crippen LogP contribution is 2.37. The number of hydrogen-bond acceptors (Lipinski definition) is 3. The molecule has 5 heteroatoms. The molecule has 0 atom stereocenters. The van der Waals surface area contributed by atoms with E-state index in [1.807, 2.05) is 43.3 Å². The highest BCUT2D eigenvalue weighted by atomic mass is 35.5. The highest BCUT2D eigenvalue weighted by molar-refractivity contribution is 6.31. The quantitative estimate of drug-likeness (QED) is 0.706. The van der Waals surface area contributed by atoms with Gasteiger partial charge in [0.1, 0.15) is 5.69 Å². The number of nitrogen functional groups attached to an aromatic ring is 1. The Morgan fingerprint density at radius 2 is 1.86 bits per heavy atom. The average Bonchev–Trinajstić information content (AvgIpc) is 2.84. The number of halogens is 2. The summed E-state index contributed by atoms with van der Waals surface area (Å²) in [6.45, 7) is 1.94.